The molecule has 0 aliphatic heterocycles. The highest BCUT2D eigenvalue weighted by atomic mass is 32.2. The number of hydrogen-bond donors (Lipinski definition) is 1. The minimum Gasteiger partial charge on any atom is -0.478 e. The molecular weight excluding hydrogens is 266 g/mol. The van der Waals surface area contributed by atoms with Crippen molar-refractivity contribution in [3.05, 3.63) is 36.0 Å². The molecule has 102 valence electrons. The topological polar surface area (TPSA) is 76.4 Å². The predicted molar refractivity (Wildman–Crippen MR) is 73.2 cm³/mol. The fourth-order valence-corrected chi connectivity index (χ4v) is 2.66. The van der Waals surface area contributed by atoms with Crippen LogP contribution in [0.5, 0.6) is 0 Å². The first-order chi connectivity index (χ1) is 8.93. The molecule has 0 bridgehead atoms. The first-order valence-corrected chi connectivity index (χ1v) is 7.77. The number of nitrogens with zero attached hydrogens (tertiary/aromatic N) is 1. The minimum absolute atomic E-state index is 0.0601. The number of carbonyl (C=O) groups is 1. The molecule has 0 amide bonds. The number of aromatic nitrogens is 1. The molecule has 5 nitrogen and oxygen atoms in total. The minimum atomic E-state index is -3.03. The zero-order valence-electron chi connectivity index (χ0n) is 10.5. The summed E-state index contributed by atoms with van der Waals surface area (Å²) in [4.78, 5) is 10.9. The number of benzene rings is 1. The second-order valence-electron chi connectivity index (χ2n) is 4.32. The van der Waals surface area contributed by atoms with Gasteiger partial charge in [0, 0.05) is 24.0 Å². The molecule has 6 heteroatoms. The quantitative estimate of drug-likeness (QED) is 0.906. The Morgan fingerprint density at radius 1 is 1.32 bits per heavy atom. The highest BCUT2D eigenvalue weighted by molar-refractivity contribution is 7.91. The van der Waals surface area contributed by atoms with Crippen molar-refractivity contribution < 1.29 is 18.3 Å². The lowest BCUT2D eigenvalue weighted by Crippen LogP contribution is -2.14. The fourth-order valence-electron chi connectivity index (χ4n) is 1.89. The van der Waals surface area contributed by atoms with Gasteiger partial charge in [0.25, 0.3) is 0 Å². The van der Waals surface area contributed by atoms with E-state index in [2.05, 4.69) is 0 Å². The molecule has 0 atom stereocenters. The van der Waals surface area contributed by atoms with Gasteiger partial charge in [-0.2, -0.15) is 0 Å². The van der Waals surface area contributed by atoms with Gasteiger partial charge in [-0.05, 0) is 23.6 Å². The monoisotopic (exact) mass is 281 g/mol. The third kappa shape index (κ3) is 2.96. The summed E-state index contributed by atoms with van der Waals surface area (Å²) in [6, 6.07) is 6.68. The second kappa shape index (κ2) is 5.05. The second-order valence-corrected chi connectivity index (χ2v) is 6.80. The lowest BCUT2D eigenvalue weighted by atomic mass is 10.2. The number of aryl methyl sites for hydroxylation is 1. The highest BCUT2D eigenvalue weighted by Gasteiger charge is 2.10. The SMILES string of the molecule is CCS(=O)(=O)CCn1ccc2ccc(C(=O)O)cc21. The van der Waals surface area contributed by atoms with Crippen LogP contribution in [0.3, 0.4) is 0 Å². The first kappa shape index (κ1) is 13.6. The van der Waals surface area contributed by atoms with Crippen molar-refractivity contribution in [2.45, 2.75) is 13.5 Å². The molecule has 0 aliphatic carbocycles. The maximum absolute atomic E-state index is 11.5. The van der Waals surface area contributed by atoms with Crippen molar-refractivity contribution >= 4 is 26.7 Å². The molecule has 0 spiro atoms. The van der Waals surface area contributed by atoms with E-state index in [-0.39, 0.29) is 17.1 Å². The third-order valence-electron chi connectivity index (χ3n) is 3.10. The van der Waals surface area contributed by atoms with Gasteiger partial charge in [-0.15, -0.1) is 0 Å². The van der Waals surface area contributed by atoms with Gasteiger partial charge in [-0.1, -0.05) is 13.0 Å². The molecule has 0 saturated carbocycles. The van der Waals surface area contributed by atoms with Gasteiger partial charge in [0.15, 0.2) is 9.84 Å². The Morgan fingerprint density at radius 2 is 2.05 bits per heavy atom. The number of rotatable bonds is 5. The molecule has 1 N–H and O–H groups in total. The normalized spacial score (nSPS) is 11.8. The van der Waals surface area contributed by atoms with Crippen LogP contribution in [0.2, 0.25) is 0 Å². The summed E-state index contributed by atoms with van der Waals surface area (Å²) in [6.45, 7) is 1.95. The largest absolute Gasteiger partial charge is 0.478 e. The number of carboxylic acids is 1. The Labute approximate surface area is 111 Å². The summed E-state index contributed by atoms with van der Waals surface area (Å²) < 4.78 is 24.8. The van der Waals surface area contributed by atoms with Gasteiger partial charge >= 0.3 is 5.97 Å². The molecule has 1 aromatic carbocycles. The fraction of sp³-hybridized carbons (Fsp3) is 0.308. The molecule has 0 fully saturated rings. The molecule has 0 saturated heterocycles. The summed E-state index contributed by atoms with van der Waals surface area (Å²) in [5.74, 6) is -0.812. The van der Waals surface area contributed by atoms with Crippen LogP contribution in [0.25, 0.3) is 10.9 Å². The van der Waals surface area contributed by atoms with Crippen molar-refractivity contribution in [3.8, 4) is 0 Å². The van der Waals surface area contributed by atoms with E-state index >= 15 is 0 Å². The smallest absolute Gasteiger partial charge is 0.335 e. The third-order valence-corrected chi connectivity index (χ3v) is 4.79. The molecule has 1 heterocycles. The highest BCUT2D eigenvalue weighted by Crippen LogP contribution is 2.18. The zero-order valence-corrected chi connectivity index (χ0v) is 11.4. The summed E-state index contributed by atoms with van der Waals surface area (Å²) >= 11 is 0. The van der Waals surface area contributed by atoms with Gasteiger partial charge in [0.05, 0.1) is 11.3 Å². The molecule has 19 heavy (non-hydrogen) atoms. The molecule has 2 aromatic rings. The van der Waals surface area contributed by atoms with E-state index in [9.17, 15) is 13.2 Å². The summed E-state index contributed by atoms with van der Waals surface area (Å²) in [6.07, 6.45) is 1.78. The van der Waals surface area contributed by atoms with Crippen LogP contribution >= 0.6 is 0 Å². The summed E-state index contributed by atoms with van der Waals surface area (Å²) in [5.41, 5.74) is 0.942. The maximum atomic E-state index is 11.5. The predicted octanol–water partition coefficient (Wildman–Crippen LogP) is 1.77. The number of carboxylic acid groups (broad SMARTS) is 1. The van der Waals surface area contributed by atoms with Crippen molar-refractivity contribution in [3.63, 3.8) is 0 Å². The van der Waals surface area contributed by atoms with Crippen LogP contribution in [0.4, 0.5) is 0 Å². The Kier molecular flexibility index (Phi) is 3.61. The summed E-state index contributed by atoms with van der Waals surface area (Å²) in [7, 11) is -3.03. The molecule has 0 unspecified atom stereocenters. The van der Waals surface area contributed by atoms with Gasteiger partial charge in [0.1, 0.15) is 0 Å². The van der Waals surface area contributed by atoms with E-state index in [0.717, 1.165) is 10.9 Å². The van der Waals surface area contributed by atoms with Crippen LogP contribution < -0.4 is 0 Å². The molecular formula is C13H15NO4S. The van der Waals surface area contributed by atoms with Gasteiger partial charge in [0.2, 0.25) is 0 Å². The number of sulfone groups is 1. The van der Waals surface area contributed by atoms with Crippen LogP contribution in [0, 0.1) is 0 Å². The van der Waals surface area contributed by atoms with Crippen LogP contribution in [-0.2, 0) is 16.4 Å². The van der Waals surface area contributed by atoms with Gasteiger partial charge in [-0.3, -0.25) is 0 Å². The van der Waals surface area contributed by atoms with E-state index < -0.39 is 15.8 Å². The van der Waals surface area contributed by atoms with Gasteiger partial charge < -0.3 is 9.67 Å². The van der Waals surface area contributed by atoms with Crippen molar-refractivity contribution in [1.29, 1.82) is 0 Å². The average Bonchev–Trinajstić information content (AvgIpc) is 2.78. The molecule has 0 radical (unpaired) electrons. The molecule has 1 aromatic heterocycles. The number of aromatic carboxylic acids is 1. The van der Waals surface area contributed by atoms with E-state index in [0.29, 0.717) is 6.54 Å². The van der Waals surface area contributed by atoms with Crippen LogP contribution in [0.1, 0.15) is 17.3 Å². The molecule has 2 rings (SSSR count). The van der Waals surface area contributed by atoms with E-state index in [4.69, 9.17) is 5.11 Å². The van der Waals surface area contributed by atoms with Gasteiger partial charge in [-0.25, -0.2) is 13.2 Å². The van der Waals surface area contributed by atoms with E-state index in [1.54, 1.807) is 29.8 Å². The Morgan fingerprint density at radius 3 is 2.68 bits per heavy atom. The maximum Gasteiger partial charge on any atom is 0.335 e. The first-order valence-electron chi connectivity index (χ1n) is 5.95. The van der Waals surface area contributed by atoms with Crippen molar-refractivity contribution in [1.82, 2.24) is 4.57 Å². The zero-order chi connectivity index (χ0) is 14.0. The lowest BCUT2D eigenvalue weighted by Gasteiger charge is -2.06. The lowest BCUT2D eigenvalue weighted by molar-refractivity contribution is 0.0697. The van der Waals surface area contributed by atoms with Crippen LogP contribution in [-0.4, -0.2) is 35.6 Å². The standard InChI is InChI=1S/C13H15NO4S/c1-2-19(17,18)8-7-14-6-5-10-3-4-11(13(15)16)9-12(10)14/h3-6,9H,2,7-8H2,1H3,(H,15,16). The van der Waals surface area contributed by atoms with E-state index in [1.807, 2.05) is 6.07 Å². The Hall–Kier alpha value is -1.82. The number of hydrogen-bond acceptors (Lipinski definition) is 3. The van der Waals surface area contributed by atoms with E-state index in [1.165, 1.54) is 6.07 Å². The Bertz CT molecular complexity index is 715. The Balaban J connectivity index is 2.33. The van der Waals surface area contributed by atoms with Crippen LogP contribution in [0.15, 0.2) is 30.5 Å². The number of fused-ring (bicyclic) bond motifs is 1. The summed E-state index contributed by atoms with van der Waals surface area (Å²) in [5, 5.41) is 9.87. The van der Waals surface area contributed by atoms with Crippen molar-refractivity contribution in [2.75, 3.05) is 11.5 Å². The molecule has 0 aliphatic rings. The van der Waals surface area contributed by atoms with Crippen molar-refractivity contribution in [2.24, 2.45) is 0 Å². The average molecular weight is 281 g/mol.